The zero-order chi connectivity index (χ0) is 27.4. The lowest BCUT2D eigenvalue weighted by Crippen LogP contribution is -2.29. The minimum atomic E-state index is -0.957. The van der Waals surface area contributed by atoms with Gasteiger partial charge in [0.1, 0.15) is 16.4 Å². The zero-order valence-electron chi connectivity index (χ0n) is 21.8. The molecule has 9 heteroatoms. The minimum Gasteiger partial charge on any atom is -0.507 e. The van der Waals surface area contributed by atoms with E-state index in [2.05, 4.69) is 11.9 Å². The number of thiazole rings is 1. The van der Waals surface area contributed by atoms with E-state index in [1.807, 2.05) is 19.1 Å². The molecule has 1 aliphatic heterocycles. The fourth-order valence-electron chi connectivity index (χ4n) is 4.16. The van der Waals surface area contributed by atoms with E-state index in [1.54, 1.807) is 50.2 Å². The van der Waals surface area contributed by atoms with E-state index in [0.717, 1.165) is 29.7 Å². The molecule has 1 amide bonds. The first kappa shape index (κ1) is 27.1. The number of ether oxygens (including phenoxy) is 2. The lowest BCUT2D eigenvalue weighted by Gasteiger charge is -2.23. The number of Topliss-reactive ketones (excluding diaryl/α,β-unsaturated/α-hetero) is 1. The van der Waals surface area contributed by atoms with Gasteiger partial charge in [-0.05, 0) is 44.9 Å². The van der Waals surface area contributed by atoms with E-state index in [9.17, 15) is 19.5 Å². The van der Waals surface area contributed by atoms with Crippen molar-refractivity contribution < 1.29 is 29.0 Å². The molecule has 0 saturated carbocycles. The third-order valence-corrected chi connectivity index (χ3v) is 7.32. The average molecular weight is 535 g/mol. The molecule has 198 valence electrons. The highest BCUT2D eigenvalue weighted by Crippen LogP contribution is 2.44. The number of hydrogen-bond donors (Lipinski definition) is 1. The van der Waals surface area contributed by atoms with Crippen LogP contribution in [0.4, 0.5) is 5.13 Å². The summed E-state index contributed by atoms with van der Waals surface area (Å²) in [5, 5.41) is 11.4. The lowest BCUT2D eigenvalue weighted by atomic mass is 9.95. The number of aliphatic hydroxyl groups excluding tert-OH is 1. The molecule has 1 atom stereocenters. The van der Waals surface area contributed by atoms with Gasteiger partial charge in [0.25, 0.3) is 5.78 Å². The van der Waals surface area contributed by atoms with Crippen molar-refractivity contribution in [2.24, 2.45) is 0 Å². The average Bonchev–Trinajstić information content (AvgIpc) is 3.41. The molecule has 1 N–H and O–H groups in total. The Labute approximate surface area is 225 Å². The second-order valence-electron chi connectivity index (χ2n) is 8.94. The van der Waals surface area contributed by atoms with Crippen LogP contribution in [0.1, 0.15) is 64.8 Å². The molecule has 0 bridgehead atoms. The first-order valence-electron chi connectivity index (χ1n) is 12.5. The molecule has 1 unspecified atom stereocenters. The number of aliphatic hydroxyl groups is 1. The summed E-state index contributed by atoms with van der Waals surface area (Å²) in [5.41, 5.74) is 2.33. The predicted octanol–water partition coefficient (Wildman–Crippen LogP) is 5.74. The third-order valence-electron chi connectivity index (χ3n) is 6.18. The Morgan fingerprint density at radius 3 is 2.37 bits per heavy atom. The van der Waals surface area contributed by atoms with Crippen LogP contribution in [0.3, 0.4) is 0 Å². The standard InChI is InChI=1S/C29H30N2O6S/c1-5-7-16-37-21-14-12-19(13-15-21)23-22(24(32)20-10-8-17(3)9-11-20)25(33)27(34)31(23)29-30-18(4)26(38-29)28(35)36-6-2/h8-15,23,32H,5-7,16H2,1-4H3/b24-22+. The highest BCUT2D eigenvalue weighted by Gasteiger charge is 2.48. The number of benzene rings is 2. The van der Waals surface area contributed by atoms with Crippen LogP contribution in [-0.4, -0.2) is 41.0 Å². The fraction of sp³-hybridized carbons (Fsp3) is 0.310. The van der Waals surface area contributed by atoms with Crippen molar-refractivity contribution in [2.75, 3.05) is 18.1 Å². The second-order valence-corrected chi connectivity index (χ2v) is 9.92. The van der Waals surface area contributed by atoms with Crippen LogP contribution in [0.2, 0.25) is 0 Å². The molecule has 4 rings (SSSR count). The van der Waals surface area contributed by atoms with Crippen molar-refractivity contribution in [1.82, 2.24) is 4.98 Å². The number of carbonyl (C=O) groups excluding carboxylic acids is 3. The molecule has 0 radical (unpaired) electrons. The number of unbranched alkanes of at least 4 members (excludes halogenated alkanes) is 1. The number of aromatic nitrogens is 1. The summed E-state index contributed by atoms with van der Waals surface area (Å²) in [5.74, 6) is -1.83. The van der Waals surface area contributed by atoms with E-state index >= 15 is 0 Å². The zero-order valence-corrected chi connectivity index (χ0v) is 22.6. The van der Waals surface area contributed by atoms with E-state index in [0.29, 0.717) is 29.2 Å². The summed E-state index contributed by atoms with van der Waals surface area (Å²) >= 11 is 0.976. The van der Waals surface area contributed by atoms with Crippen LogP contribution < -0.4 is 9.64 Å². The number of rotatable bonds is 9. The first-order chi connectivity index (χ1) is 18.3. The van der Waals surface area contributed by atoms with Crippen LogP contribution in [-0.2, 0) is 14.3 Å². The Hall–Kier alpha value is -3.98. The van der Waals surface area contributed by atoms with Crippen LogP contribution in [0, 0.1) is 13.8 Å². The van der Waals surface area contributed by atoms with Crippen molar-refractivity contribution in [3.63, 3.8) is 0 Å². The van der Waals surface area contributed by atoms with Crippen molar-refractivity contribution in [3.05, 3.63) is 81.4 Å². The monoisotopic (exact) mass is 534 g/mol. The fourth-order valence-corrected chi connectivity index (χ4v) is 5.15. The van der Waals surface area contributed by atoms with Gasteiger partial charge in [0, 0.05) is 5.56 Å². The molecular formula is C29H30N2O6S. The molecular weight excluding hydrogens is 504 g/mol. The van der Waals surface area contributed by atoms with E-state index in [-0.39, 0.29) is 27.9 Å². The predicted molar refractivity (Wildman–Crippen MR) is 146 cm³/mol. The number of esters is 1. The van der Waals surface area contributed by atoms with Gasteiger partial charge in [0.05, 0.1) is 30.5 Å². The summed E-state index contributed by atoms with van der Waals surface area (Å²) in [7, 11) is 0. The Morgan fingerprint density at radius 1 is 1.05 bits per heavy atom. The molecule has 0 aliphatic carbocycles. The summed E-state index contributed by atoms with van der Waals surface area (Å²) in [6, 6.07) is 13.2. The minimum absolute atomic E-state index is 0.0518. The molecule has 2 heterocycles. The number of aryl methyl sites for hydroxylation is 2. The van der Waals surface area contributed by atoms with Crippen LogP contribution >= 0.6 is 11.3 Å². The van der Waals surface area contributed by atoms with Crippen LogP contribution in [0.25, 0.3) is 5.76 Å². The maximum atomic E-state index is 13.4. The summed E-state index contributed by atoms with van der Waals surface area (Å²) in [6.07, 6.45) is 1.93. The topological polar surface area (TPSA) is 106 Å². The molecule has 38 heavy (non-hydrogen) atoms. The Balaban J connectivity index is 1.83. The number of ketones is 1. The van der Waals surface area contributed by atoms with Gasteiger partial charge >= 0.3 is 11.9 Å². The van der Waals surface area contributed by atoms with Gasteiger partial charge in [-0.15, -0.1) is 0 Å². The highest BCUT2D eigenvalue weighted by molar-refractivity contribution is 7.17. The molecule has 8 nitrogen and oxygen atoms in total. The SMILES string of the molecule is CCCCOc1ccc(C2/C(=C(\O)c3ccc(C)cc3)C(=O)C(=O)N2c2nc(C)c(C(=O)OCC)s2)cc1. The highest BCUT2D eigenvalue weighted by atomic mass is 32.1. The summed E-state index contributed by atoms with van der Waals surface area (Å²) in [4.78, 5) is 45.2. The van der Waals surface area contributed by atoms with E-state index < -0.39 is 23.7 Å². The smallest absolute Gasteiger partial charge is 0.350 e. The van der Waals surface area contributed by atoms with Gasteiger partial charge in [-0.1, -0.05) is 66.6 Å². The van der Waals surface area contributed by atoms with Crippen LogP contribution in [0.5, 0.6) is 5.75 Å². The van der Waals surface area contributed by atoms with Gasteiger partial charge < -0.3 is 14.6 Å². The third kappa shape index (κ3) is 5.33. The largest absolute Gasteiger partial charge is 0.507 e. The lowest BCUT2D eigenvalue weighted by molar-refractivity contribution is -0.132. The summed E-state index contributed by atoms with van der Waals surface area (Å²) in [6.45, 7) is 8.12. The number of carbonyl (C=O) groups is 3. The number of amides is 1. The maximum Gasteiger partial charge on any atom is 0.350 e. The molecule has 2 aromatic carbocycles. The van der Waals surface area contributed by atoms with Gasteiger partial charge in [0.2, 0.25) is 0 Å². The van der Waals surface area contributed by atoms with Crippen molar-refractivity contribution in [3.8, 4) is 5.75 Å². The Morgan fingerprint density at radius 2 is 1.74 bits per heavy atom. The summed E-state index contributed by atoms with van der Waals surface area (Å²) < 4.78 is 10.9. The van der Waals surface area contributed by atoms with E-state index in [1.165, 1.54) is 4.90 Å². The first-order valence-corrected chi connectivity index (χ1v) is 13.3. The van der Waals surface area contributed by atoms with Crippen molar-refractivity contribution >= 4 is 39.9 Å². The Bertz CT molecular complexity index is 1380. The van der Waals surface area contributed by atoms with Gasteiger partial charge in [-0.3, -0.25) is 14.5 Å². The second kappa shape index (κ2) is 11.6. The Kier molecular flexibility index (Phi) is 8.26. The van der Waals surface area contributed by atoms with Crippen molar-refractivity contribution in [2.45, 2.75) is 46.6 Å². The van der Waals surface area contributed by atoms with Gasteiger partial charge in [0.15, 0.2) is 5.13 Å². The normalized spacial score (nSPS) is 16.6. The molecule has 1 aromatic heterocycles. The van der Waals surface area contributed by atoms with E-state index in [4.69, 9.17) is 9.47 Å². The molecule has 1 fully saturated rings. The molecule has 1 saturated heterocycles. The van der Waals surface area contributed by atoms with Crippen molar-refractivity contribution in [1.29, 1.82) is 0 Å². The van der Waals surface area contributed by atoms with Gasteiger partial charge in [-0.25, -0.2) is 9.78 Å². The number of anilines is 1. The molecule has 1 aliphatic rings. The number of hydrogen-bond acceptors (Lipinski definition) is 8. The number of nitrogens with zero attached hydrogens (tertiary/aromatic N) is 2. The van der Waals surface area contributed by atoms with Gasteiger partial charge in [-0.2, -0.15) is 0 Å². The maximum absolute atomic E-state index is 13.4. The van der Waals surface area contributed by atoms with Crippen LogP contribution in [0.15, 0.2) is 54.1 Å². The molecule has 3 aromatic rings. The quantitative estimate of drug-likeness (QED) is 0.123. The molecule has 0 spiro atoms.